The fraction of sp³-hybridized carbons (Fsp3) is 0.0435. The molecule has 0 fully saturated rings. The van der Waals surface area contributed by atoms with Crippen molar-refractivity contribution in [3.63, 3.8) is 0 Å². The summed E-state index contributed by atoms with van der Waals surface area (Å²) in [4.78, 5) is 10.8. The number of nitriles is 1. The van der Waals surface area contributed by atoms with E-state index in [-0.39, 0.29) is 5.56 Å². The molecule has 0 atom stereocenters. The molecular formula is C23H15ClNO3-. The number of carboxylic acid groups (broad SMARTS) is 1. The van der Waals surface area contributed by atoms with Crippen molar-refractivity contribution >= 4 is 29.2 Å². The Kier molecular flexibility index (Phi) is 6.11. The number of nitrogens with zero attached hydrogens (tertiary/aromatic N) is 1. The van der Waals surface area contributed by atoms with Gasteiger partial charge in [0, 0.05) is 5.02 Å². The minimum atomic E-state index is -1.25. The average molecular weight is 389 g/mol. The smallest absolute Gasteiger partial charge is 0.119 e. The summed E-state index contributed by atoms with van der Waals surface area (Å²) in [5.41, 5.74) is 2.98. The second kappa shape index (κ2) is 8.90. The summed E-state index contributed by atoms with van der Waals surface area (Å²) in [6.45, 7) is 0.431. The third-order valence-electron chi connectivity index (χ3n) is 4.06. The molecule has 0 N–H and O–H groups in total. The Hall–Kier alpha value is -3.55. The molecule has 3 rings (SSSR count). The maximum absolute atomic E-state index is 10.8. The van der Waals surface area contributed by atoms with Crippen LogP contribution < -0.4 is 9.84 Å². The van der Waals surface area contributed by atoms with Gasteiger partial charge in [-0.15, -0.1) is 0 Å². The summed E-state index contributed by atoms with van der Waals surface area (Å²) in [5.74, 6) is -0.535. The number of ether oxygens (including phenoxy) is 1. The molecule has 0 aliphatic carbocycles. The molecule has 0 unspecified atom stereocenters. The summed E-state index contributed by atoms with van der Waals surface area (Å²) in [7, 11) is 0. The van der Waals surface area contributed by atoms with Crippen molar-refractivity contribution in [3.8, 4) is 11.8 Å². The summed E-state index contributed by atoms with van der Waals surface area (Å²) in [6.07, 6.45) is 1.73. The highest BCUT2D eigenvalue weighted by Crippen LogP contribution is 2.21. The number of halogens is 1. The summed E-state index contributed by atoms with van der Waals surface area (Å²) >= 11 is 5.87. The molecule has 0 bridgehead atoms. The number of carboxylic acids is 1. The lowest BCUT2D eigenvalue weighted by molar-refractivity contribution is -0.255. The monoisotopic (exact) mass is 388 g/mol. The standard InChI is InChI=1S/C23H16ClNO3/c24-21-9-1-17(2-10-21)15-28-22-11-3-16(4-12-22)13-20(14-25)18-5-7-19(8-6-18)23(26)27/h1-13H,15H2,(H,26,27)/p-1/b20-13-. The quantitative estimate of drug-likeness (QED) is 0.465. The fourth-order valence-electron chi connectivity index (χ4n) is 2.54. The largest absolute Gasteiger partial charge is 0.545 e. The van der Waals surface area contributed by atoms with Gasteiger partial charge in [0.1, 0.15) is 12.4 Å². The van der Waals surface area contributed by atoms with E-state index in [4.69, 9.17) is 16.3 Å². The first kappa shape index (κ1) is 19.2. The highest BCUT2D eigenvalue weighted by atomic mass is 35.5. The van der Waals surface area contributed by atoms with Gasteiger partial charge in [0.05, 0.1) is 17.6 Å². The molecular weight excluding hydrogens is 374 g/mol. The highest BCUT2D eigenvalue weighted by Gasteiger charge is 2.03. The average Bonchev–Trinajstić information content (AvgIpc) is 2.72. The molecule has 3 aromatic carbocycles. The van der Waals surface area contributed by atoms with Gasteiger partial charge < -0.3 is 14.6 Å². The molecule has 28 heavy (non-hydrogen) atoms. The van der Waals surface area contributed by atoms with Gasteiger partial charge in [0.15, 0.2) is 0 Å². The van der Waals surface area contributed by atoms with E-state index in [2.05, 4.69) is 6.07 Å². The molecule has 3 aromatic rings. The Bertz CT molecular complexity index is 1030. The second-order valence-corrected chi connectivity index (χ2v) is 6.46. The SMILES string of the molecule is N#C/C(=C/c1ccc(OCc2ccc(Cl)cc2)cc1)c1ccc(C(=O)[O-])cc1. The Labute approximate surface area is 167 Å². The number of aromatic carboxylic acids is 1. The number of hydrogen-bond acceptors (Lipinski definition) is 4. The van der Waals surface area contributed by atoms with Crippen LogP contribution in [0.25, 0.3) is 11.6 Å². The van der Waals surface area contributed by atoms with E-state index in [1.807, 2.05) is 48.5 Å². The molecule has 0 amide bonds. The lowest BCUT2D eigenvalue weighted by atomic mass is 10.0. The van der Waals surface area contributed by atoms with Crippen molar-refractivity contribution in [2.75, 3.05) is 0 Å². The summed E-state index contributed by atoms with van der Waals surface area (Å²) < 4.78 is 5.75. The van der Waals surface area contributed by atoms with Gasteiger partial charge in [-0.3, -0.25) is 0 Å². The van der Waals surface area contributed by atoms with E-state index < -0.39 is 5.97 Å². The van der Waals surface area contributed by atoms with Gasteiger partial charge in [-0.1, -0.05) is 60.1 Å². The van der Waals surface area contributed by atoms with Crippen LogP contribution in [0.1, 0.15) is 27.0 Å². The number of carbonyl (C=O) groups excluding carboxylic acids is 1. The zero-order chi connectivity index (χ0) is 19.9. The maximum atomic E-state index is 10.8. The van der Waals surface area contributed by atoms with Crippen molar-refractivity contribution in [1.82, 2.24) is 0 Å². The van der Waals surface area contributed by atoms with Crippen molar-refractivity contribution in [2.24, 2.45) is 0 Å². The molecule has 0 radical (unpaired) electrons. The van der Waals surface area contributed by atoms with Crippen LogP contribution in [0, 0.1) is 11.3 Å². The van der Waals surface area contributed by atoms with Gasteiger partial charge in [-0.05, 0) is 52.6 Å². The molecule has 5 heteroatoms. The molecule has 0 heterocycles. The molecule has 0 saturated heterocycles. The van der Waals surface area contributed by atoms with E-state index >= 15 is 0 Å². The van der Waals surface area contributed by atoms with Crippen LogP contribution in [0.15, 0.2) is 72.8 Å². The van der Waals surface area contributed by atoms with Gasteiger partial charge in [-0.2, -0.15) is 5.26 Å². The molecule has 0 aliphatic heterocycles. The summed E-state index contributed by atoms with van der Waals surface area (Å²) in [5, 5.41) is 20.9. The molecule has 0 spiro atoms. The Morgan fingerprint density at radius 2 is 1.57 bits per heavy atom. The zero-order valence-electron chi connectivity index (χ0n) is 14.8. The third kappa shape index (κ3) is 5.00. The molecule has 0 saturated carbocycles. The van der Waals surface area contributed by atoms with E-state index in [1.54, 1.807) is 18.2 Å². The first-order valence-corrected chi connectivity index (χ1v) is 8.84. The zero-order valence-corrected chi connectivity index (χ0v) is 15.5. The predicted molar refractivity (Wildman–Crippen MR) is 106 cm³/mol. The van der Waals surface area contributed by atoms with Crippen molar-refractivity contribution in [2.45, 2.75) is 6.61 Å². The second-order valence-electron chi connectivity index (χ2n) is 6.02. The lowest BCUT2D eigenvalue weighted by Crippen LogP contribution is -2.21. The Morgan fingerprint density at radius 3 is 2.14 bits per heavy atom. The van der Waals surface area contributed by atoms with Crippen LogP contribution >= 0.6 is 11.6 Å². The van der Waals surface area contributed by atoms with Crippen molar-refractivity contribution in [1.29, 1.82) is 5.26 Å². The topological polar surface area (TPSA) is 73.1 Å². The van der Waals surface area contributed by atoms with Gasteiger partial charge in [-0.25, -0.2) is 0 Å². The minimum absolute atomic E-state index is 0.0724. The third-order valence-corrected chi connectivity index (χ3v) is 4.31. The lowest BCUT2D eigenvalue weighted by Gasteiger charge is -2.07. The Morgan fingerprint density at radius 1 is 0.964 bits per heavy atom. The van der Waals surface area contributed by atoms with E-state index in [9.17, 15) is 15.2 Å². The van der Waals surface area contributed by atoms with E-state index in [0.717, 1.165) is 11.1 Å². The van der Waals surface area contributed by atoms with Gasteiger partial charge in [0.25, 0.3) is 0 Å². The van der Waals surface area contributed by atoms with Crippen LogP contribution in [0.4, 0.5) is 0 Å². The van der Waals surface area contributed by atoms with Crippen molar-refractivity contribution < 1.29 is 14.6 Å². The first-order valence-electron chi connectivity index (χ1n) is 8.46. The molecule has 0 aliphatic rings. The van der Waals surface area contributed by atoms with Gasteiger partial charge in [0.2, 0.25) is 0 Å². The summed E-state index contributed by atoms with van der Waals surface area (Å²) in [6, 6.07) is 23.0. The Balaban J connectivity index is 1.69. The number of benzene rings is 3. The predicted octanol–water partition coefficient (Wildman–Crippen LogP) is 4.35. The van der Waals surface area contributed by atoms with Crippen LogP contribution in [-0.2, 0) is 6.61 Å². The van der Waals surface area contributed by atoms with Crippen LogP contribution in [0.5, 0.6) is 5.75 Å². The normalized spacial score (nSPS) is 10.9. The maximum Gasteiger partial charge on any atom is 0.119 e. The molecule has 4 nitrogen and oxygen atoms in total. The minimum Gasteiger partial charge on any atom is -0.545 e. The van der Waals surface area contributed by atoms with Crippen LogP contribution in [0.2, 0.25) is 5.02 Å². The van der Waals surface area contributed by atoms with Crippen LogP contribution in [0.3, 0.4) is 0 Å². The number of carbonyl (C=O) groups is 1. The van der Waals surface area contributed by atoms with E-state index in [1.165, 1.54) is 12.1 Å². The highest BCUT2D eigenvalue weighted by molar-refractivity contribution is 6.30. The first-order chi connectivity index (χ1) is 13.5. The fourth-order valence-corrected chi connectivity index (χ4v) is 2.67. The van der Waals surface area contributed by atoms with Crippen molar-refractivity contribution in [3.05, 3.63) is 100 Å². The molecule has 0 aromatic heterocycles. The van der Waals surface area contributed by atoms with E-state index in [0.29, 0.717) is 28.5 Å². The number of hydrogen-bond donors (Lipinski definition) is 0. The molecule has 138 valence electrons. The van der Waals surface area contributed by atoms with Gasteiger partial charge >= 0.3 is 0 Å². The van der Waals surface area contributed by atoms with Crippen LogP contribution in [-0.4, -0.2) is 5.97 Å². The number of allylic oxidation sites excluding steroid dienone is 1. The number of rotatable bonds is 6.